The molecule has 1 amide bonds. The predicted molar refractivity (Wildman–Crippen MR) is 75.5 cm³/mol. The molecular weight excluding hydrogens is 222 g/mol. The van der Waals surface area contributed by atoms with Crippen LogP contribution in [0.2, 0.25) is 0 Å². The number of benzene rings is 2. The van der Waals surface area contributed by atoms with Crippen molar-refractivity contribution in [1.82, 2.24) is 5.32 Å². The van der Waals surface area contributed by atoms with Crippen molar-refractivity contribution in [3.63, 3.8) is 0 Å². The van der Waals surface area contributed by atoms with E-state index in [2.05, 4.69) is 12.2 Å². The zero-order chi connectivity index (χ0) is 12.8. The zero-order valence-corrected chi connectivity index (χ0v) is 10.5. The normalized spacial score (nSPS) is 10.9. The van der Waals surface area contributed by atoms with Crippen LogP contribution in [0.5, 0.6) is 0 Å². The van der Waals surface area contributed by atoms with Crippen LogP contribution in [-0.4, -0.2) is 5.91 Å². The third-order valence-electron chi connectivity index (χ3n) is 2.82. The number of fused-ring (bicyclic) bond motifs is 1. The van der Waals surface area contributed by atoms with Crippen molar-refractivity contribution in [3.05, 3.63) is 60.3 Å². The first-order valence-corrected chi connectivity index (χ1v) is 6.26. The second-order valence-electron chi connectivity index (χ2n) is 4.19. The molecule has 2 nitrogen and oxygen atoms in total. The van der Waals surface area contributed by atoms with Crippen LogP contribution in [-0.2, 0) is 0 Å². The Morgan fingerprint density at radius 2 is 1.94 bits per heavy atom. The molecule has 0 fully saturated rings. The molecule has 0 aliphatic rings. The molecule has 0 aliphatic heterocycles. The highest BCUT2D eigenvalue weighted by Crippen LogP contribution is 2.18. The topological polar surface area (TPSA) is 29.1 Å². The average Bonchev–Trinajstić information content (AvgIpc) is 2.43. The Morgan fingerprint density at radius 3 is 2.78 bits per heavy atom. The summed E-state index contributed by atoms with van der Waals surface area (Å²) < 4.78 is 0. The third-order valence-corrected chi connectivity index (χ3v) is 2.82. The number of unbranched alkanes of at least 4 members (excludes halogenated alkanes) is 1. The van der Waals surface area contributed by atoms with Gasteiger partial charge in [-0.25, -0.2) is 0 Å². The summed E-state index contributed by atoms with van der Waals surface area (Å²) >= 11 is 0. The van der Waals surface area contributed by atoms with Gasteiger partial charge >= 0.3 is 0 Å². The summed E-state index contributed by atoms with van der Waals surface area (Å²) in [5, 5.41) is 4.88. The third kappa shape index (κ3) is 2.77. The Bertz CT molecular complexity index is 567. The lowest BCUT2D eigenvalue weighted by Crippen LogP contribution is -2.17. The van der Waals surface area contributed by atoms with Crippen molar-refractivity contribution < 1.29 is 4.79 Å². The molecule has 0 unspecified atom stereocenters. The second-order valence-corrected chi connectivity index (χ2v) is 4.19. The largest absolute Gasteiger partial charge is 0.329 e. The molecule has 0 atom stereocenters. The van der Waals surface area contributed by atoms with E-state index in [1.165, 1.54) is 0 Å². The molecule has 0 radical (unpaired) electrons. The summed E-state index contributed by atoms with van der Waals surface area (Å²) in [5.41, 5.74) is 0.717. The smallest absolute Gasteiger partial charge is 0.255 e. The van der Waals surface area contributed by atoms with Gasteiger partial charge in [-0.15, -0.1) is 0 Å². The SMILES string of the molecule is CCCC=CNC(=O)c1cccc2ccccc12. The van der Waals surface area contributed by atoms with Crippen molar-refractivity contribution in [3.8, 4) is 0 Å². The number of hydrogen-bond acceptors (Lipinski definition) is 1. The van der Waals surface area contributed by atoms with Crippen LogP contribution in [0, 0.1) is 0 Å². The molecule has 0 bridgehead atoms. The van der Waals surface area contributed by atoms with Crippen LogP contribution < -0.4 is 5.32 Å². The fraction of sp³-hybridized carbons (Fsp3) is 0.188. The quantitative estimate of drug-likeness (QED) is 0.861. The van der Waals surface area contributed by atoms with E-state index in [-0.39, 0.29) is 5.91 Å². The summed E-state index contributed by atoms with van der Waals surface area (Å²) in [6.45, 7) is 2.11. The molecule has 2 heteroatoms. The lowest BCUT2D eigenvalue weighted by Gasteiger charge is -2.05. The van der Waals surface area contributed by atoms with Crippen molar-refractivity contribution in [2.75, 3.05) is 0 Å². The lowest BCUT2D eigenvalue weighted by atomic mass is 10.0. The van der Waals surface area contributed by atoms with Crippen LogP contribution in [0.4, 0.5) is 0 Å². The van der Waals surface area contributed by atoms with Crippen molar-refractivity contribution in [2.24, 2.45) is 0 Å². The molecule has 18 heavy (non-hydrogen) atoms. The van der Waals surface area contributed by atoms with E-state index in [4.69, 9.17) is 0 Å². The van der Waals surface area contributed by atoms with Crippen LogP contribution in [0.3, 0.4) is 0 Å². The highest BCUT2D eigenvalue weighted by atomic mass is 16.1. The Balaban J connectivity index is 2.22. The van der Waals surface area contributed by atoms with E-state index in [0.29, 0.717) is 5.56 Å². The lowest BCUT2D eigenvalue weighted by molar-refractivity contribution is 0.0971. The van der Waals surface area contributed by atoms with Gasteiger partial charge in [0.15, 0.2) is 0 Å². The molecule has 1 N–H and O–H groups in total. The number of carbonyl (C=O) groups excluding carboxylic acids is 1. The van der Waals surface area contributed by atoms with Gasteiger partial charge in [0, 0.05) is 11.8 Å². The first kappa shape index (κ1) is 12.4. The number of carbonyl (C=O) groups is 1. The maximum Gasteiger partial charge on any atom is 0.255 e. The van der Waals surface area contributed by atoms with Crippen LogP contribution in [0.25, 0.3) is 10.8 Å². The van der Waals surface area contributed by atoms with Crippen LogP contribution >= 0.6 is 0 Å². The Hall–Kier alpha value is -2.09. The second kappa shape index (κ2) is 6.01. The van der Waals surface area contributed by atoms with Gasteiger partial charge in [-0.2, -0.15) is 0 Å². The average molecular weight is 239 g/mol. The Labute approximate surface area is 107 Å². The molecule has 0 saturated heterocycles. The van der Waals surface area contributed by atoms with Crippen molar-refractivity contribution >= 4 is 16.7 Å². The van der Waals surface area contributed by atoms with Gasteiger partial charge < -0.3 is 5.32 Å². The van der Waals surface area contributed by atoms with Gasteiger partial charge in [-0.05, 0) is 23.3 Å². The minimum absolute atomic E-state index is 0.0563. The maximum absolute atomic E-state index is 12.1. The fourth-order valence-corrected chi connectivity index (χ4v) is 1.89. The van der Waals surface area contributed by atoms with Gasteiger partial charge in [0.2, 0.25) is 0 Å². The standard InChI is InChI=1S/C16H17NO/c1-2-3-6-12-17-16(18)15-11-7-9-13-8-4-5-10-14(13)15/h4-12H,2-3H2,1H3,(H,17,18). The minimum Gasteiger partial charge on any atom is -0.329 e. The monoisotopic (exact) mass is 239 g/mol. The number of allylic oxidation sites excluding steroid dienone is 1. The Morgan fingerprint density at radius 1 is 1.17 bits per heavy atom. The molecule has 0 aliphatic carbocycles. The van der Waals surface area contributed by atoms with Crippen molar-refractivity contribution in [2.45, 2.75) is 19.8 Å². The number of amides is 1. The minimum atomic E-state index is -0.0563. The molecule has 2 aromatic rings. The van der Waals surface area contributed by atoms with E-state index < -0.39 is 0 Å². The summed E-state index contributed by atoms with van der Waals surface area (Å²) in [4.78, 5) is 12.1. The summed E-state index contributed by atoms with van der Waals surface area (Å²) in [7, 11) is 0. The first-order valence-electron chi connectivity index (χ1n) is 6.26. The van der Waals surface area contributed by atoms with E-state index in [1.54, 1.807) is 6.20 Å². The molecule has 2 rings (SSSR count). The van der Waals surface area contributed by atoms with E-state index in [9.17, 15) is 4.79 Å². The van der Waals surface area contributed by atoms with Gasteiger partial charge in [0.05, 0.1) is 0 Å². The number of hydrogen-bond donors (Lipinski definition) is 1. The fourth-order valence-electron chi connectivity index (χ4n) is 1.89. The van der Waals surface area contributed by atoms with E-state index in [0.717, 1.165) is 23.6 Å². The maximum atomic E-state index is 12.1. The van der Waals surface area contributed by atoms with Gasteiger partial charge in [0.25, 0.3) is 5.91 Å². The van der Waals surface area contributed by atoms with Gasteiger partial charge in [-0.1, -0.05) is 55.8 Å². The molecule has 0 aromatic heterocycles. The molecule has 0 saturated carbocycles. The van der Waals surface area contributed by atoms with Gasteiger partial charge in [0.1, 0.15) is 0 Å². The van der Waals surface area contributed by atoms with Crippen LogP contribution in [0.15, 0.2) is 54.7 Å². The summed E-state index contributed by atoms with van der Waals surface area (Å²) in [6, 6.07) is 13.7. The number of nitrogens with one attached hydrogen (secondary N) is 1. The Kier molecular flexibility index (Phi) is 4.13. The van der Waals surface area contributed by atoms with Crippen LogP contribution in [0.1, 0.15) is 30.1 Å². The number of rotatable bonds is 4. The molecule has 0 heterocycles. The van der Waals surface area contributed by atoms with Crippen molar-refractivity contribution in [1.29, 1.82) is 0 Å². The molecular formula is C16H17NO. The van der Waals surface area contributed by atoms with Gasteiger partial charge in [-0.3, -0.25) is 4.79 Å². The summed E-state index contributed by atoms with van der Waals surface area (Å²) in [5.74, 6) is -0.0563. The predicted octanol–water partition coefficient (Wildman–Crippen LogP) is 3.88. The zero-order valence-electron chi connectivity index (χ0n) is 10.5. The molecule has 92 valence electrons. The van der Waals surface area contributed by atoms with E-state index >= 15 is 0 Å². The highest BCUT2D eigenvalue weighted by molar-refractivity contribution is 6.07. The summed E-state index contributed by atoms with van der Waals surface area (Å²) in [6.07, 6.45) is 5.77. The molecule has 0 spiro atoms. The highest BCUT2D eigenvalue weighted by Gasteiger charge is 2.07. The molecule has 2 aromatic carbocycles. The van der Waals surface area contributed by atoms with E-state index in [1.807, 2.05) is 48.5 Å². The first-order chi connectivity index (χ1) is 8.83.